The van der Waals surface area contributed by atoms with Gasteiger partial charge in [-0.25, -0.2) is 0 Å². The fourth-order valence-electron chi connectivity index (χ4n) is 4.27. The Labute approximate surface area is 168 Å². The average Bonchev–Trinajstić information content (AvgIpc) is 3.33. The molecule has 2 unspecified atom stereocenters. The van der Waals surface area contributed by atoms with Crippen LogP contribution in [0.5, 0.6) is 5.75 Å². The topological polar surface area (TPSA) is 69.6 Å². The number of nitrogens with one attached hydrogen (secondary N) is 1. The van der Waals surface area contributed by atoms with E-state index < -0.39 is 0 Å². The number of hydrogen-bond acceptors (Lipinski definition) is 4. The molecule has 3 rings (SSSR count). The van der Waals surface area contributed by atoms with Gasteiger partial charge in [-0.15, -0.1) is 0 Å². The van der Waals surface area contributed by atoms with Gasteiger partial charge in [0.05, 0.1) is 17.2 Å². The Hall–Kier alpha value is -1.34. The molecule has 1 amide bonds. The van der Waals surface area contributed by atoms with Gasteiger partial charge in [-0.1, -0.05) is 6.92 Å². The Kier molecular flexibility index (Phi) is 6.31. The lowest BCUT2D eigenvalue weighted by molar-refractivity contribution is -0.126. The first-order chi connectivity index (χ1) is 12.8. The number of ether oxygens (including phenoxy) is 2. The molecule has 2 aliphatic carbocycles. The summed E-state index contributed by atoms with van der Waals surface area (Å²) in [6, 6.07) is 1.54. The quantitative estimate of drug-likeness (QED) is 0.661. The zero-order chi connectivity index (χ0) is 19.6. The molecule has 1 aromatic heterocycles. The van der Waals surface area contributed by atoms with Gasteiger partial charge in [-0.05, 0) is 59.9 Å². The van der Waals surface area contributed by atoms with Crippen LogP contribution in [-0.4, -0.2) is 36.8 Å². The third-order valence-corrected chi connectivity index (χ3v) is 6.73. The predicted molar refractivity (Wildman–Crippen MR) is 107 cm³/mol. The van der Waals surface area contributed by atoms with E-state index in [0.717, 1.165) is 36.6 Å². The van der Waals surface area contributed by atoms with Crippen LogP contribution in [0.3, 0.4) is 0 Å². The number of aryl methyl sites for hydroxylation is 1. The van der Waals surface area contributed by atoms with Crippen molar-refractivity contribution in [3.05, 3.63) is 27.1 Å². The van der Waals surface area contributed by atoms with Gasteiger partial charge in [0.2, 0.25) is 5.91 Å². The Morgan fingerprint density at radius 1 is 1.37 bits per heavy atom. The van der Waals surface area contributed by atoms with Crippen LogP contribution in [0.4, 0.5) is 0 Å². The number of nitrogens with zero attached hydrogens (tertiary/aromatic N) is 1. The van der Waals surface area contributed by atoms with Crippen molar-refractivity contribution in [3.63, 3.8) is 0 Å². The molecule has 2 saturated carbocycles. The Morgan fingerprint density at radius 3 is 2.74 bits per heavy atom. The molecule has 2 aliphatic rings. The number of carbonyl (C=O) groups excluding carboxylic acids is 1. The Balaban J connectivity index is 1.49. The third kappa shape index (κ3) is 4.57. The van der Waals surface area contributed by atoms with Crippen molar-refractivity contribution < 1.29 is 14.3 Å². The van der Waals surface area contributed by atoms with Crippen LogP contribution in [0.1, 0.15) is 39.0 Å². The zero-order valence-electron chi connectivity index (χ0n) is 16.3. The maximum Gasteiger partial charge on any atom is 0.254 e. The lowest BCUT2D eigenvalue weighted by Crippen LogP contribution is -2.35. The Morgan fingerprint density at radius 2 is 2.07 bits per heavy atom. The van der Waals surface area contributed by atoms with Crippen LogP contribution in [0.25, 0.3) is 0 Å². The van der Waals surface area contributed by atoms with Crippen molar-refractivity contribution in [2.75, 3.05) is 20.3 Å². The molecule has 6 nitrogen and oxygen atoms in total. The first kappa shape index (κ1) is 20.4. The van der Waals surface area contributed by atoms with Crippen molar-refractivity contribution in [1.82, 2.24) is 9.88 Å². The van der Waals surface area contributed by atoms with E-state index in [1.54, 1.807) is 26.4 Å². The number of carbonyl (C=O) groups is 1. The minimum atomic E-state index is -0.221. The van der Waals surface area contributed by atoms with Crippen molar-refractivity contribution in [2.45, 2.75) is 45.1 Å². The lowest BCUT2D eigenvalue weighted by atomic mass is 9.81. The molecule has 0 aromatic carbocycles. The van der Waals surface area contributed by atoms with E-state index in [0.29, 0.717) is 30.7 Å². The van der Waals surface area contributed by atoms with Crippen molar-refractivity contribution in [1.29, 1.82) is 0 Å². The van der Waals surface area contributed by atoms with Crippen LogP contribution >= 0.6 is 15.9 Å². The molecule has 7 heteroatoms. The van der Waals surface area contributed by atoms with E-state index in [4.69, 9.17) is 9.47 Å². The van der Waals surface area contributed by atoms with Gasteiger partial charge < -0.3 is 19.4 Å². The number of amides is 1. The maximum absolute atomic E-state index is 12.4. The summed E-state index contributed by atoms with van der Waals surface area (Å²) in [5.41, 5.74) is -0.295. The first-order valence-corrected chi connectivity index (χ1v) is 10.4. The van der Waals surface area contributed by atoms with Crippen LogP contribution in [0, 0.1) is 17.3 Å². The summed E-state index contributed by atoms with van der Waals surface area (Å²) in [4.78, 5) is 24.3. The number of rotatable bonds is 7. The number of hydrogen-bond donors (Lipinski definition) is 1. The number of pyridine rings is 1. The fourth-order valence-corrected chi connectivity index (χ4v) is 4.79. The number of halogens is 1. The van der Waals surface area contributed by atoms with Gasteiger partial charge in [0.1, 0.15) is 5.75 Å². The van der Waals surface area contributed by atoms with E-state index in [-0.39, 0.29) is 23.0 Å². The standard InChI is InChI=1S/C20H29BrN2O4/c1-20(19(25)22-8-9-26-3)11-15(20)13-4-6-14(7-5-13)27-17-10-18(24)23(2)12-16(17)21/h10,12-15H,4-9,11H2,1-3H3,(H,22,25)/t13-,14-,15?,20?. The van der Waals surface area contributed by atoms with E-state index in [1.807, 2.05) is 0 Å². The molecule has 0 bridgehead atoms. The van der Waals surface area contributed by atoms with Gasteiger partial charge in [-0.3, -0.25) is 9.59 Å². The Bertz CT molecular complexity index is 742. The van der Waals surface area contributed by atoms with E-state index in [9.17, 15) is 9.59 Å². The third-order valence-electron chi connectivity index (χ3n) is 6.14. The van der Waals surface area contributed by atoms with E-state index in [2.05, 4.69) is 28.2 Å². The summed E-state index contributed by atoms with van der Waals surface area (Å²) in [6.07, 6.45) is 6.90. The van der Waals surface area contributed by atoms with Gasteiger partial charge in [0.25, 0.3) is 5.56 Å². The minimum Gasteiger partial charge on any atom is -0.489 e. The van der Waals surface area contributed by atoms with Crippen molar-refractivity contribution in [2.24, 2.45) is 24.3 Å². The van der Waals surface area contributed by atoms with E-state index >= 15 is 0 Å². The summed E-state index contributed by atoms with van der Waals surface area (Å²) < 4.78 is 13.4. The molecule has 1 aromatic rings. The predicted octanol–water partition coefficient (Wildman–Crippen LogP) is 2.87. The van der Waals surface area contributed by atoms with Crippen LogP contribution < -0.4 is 15.6 Å². The molecular weight excluding hydrogens is 412 g/mol. The van der Waals surface area contributed by atoms with Gasteiger partial charge in [0, 0.05) is 38.4 Å². The van der Waals surface area contributed by atoms with Gasteiger partial charge >= 0.3 is 0 Å². The molecule has 0 aliphatic heterocycles. The second kappa shape index (κ2) is 8.35. The smallest absolute Gasteiger partial charge is 0.254 e. The average molecular weight is 441 g/mol. The minimum absolute atomic E-state index is 0.0740. The molecular formula is C20H29BrN2O4. The highest BCUT2D eigenvalue weighted by molar-refractivity contribution is 9.10. The molecule has 0 saturated heterocycles. The van der Waals surface area contributed by atoms with Crippen LogP contribution in [-0.2, 0) is 16.6 Å². The summed E-state index contributed by atoms with van der Waals surface area (Å²) in [7, 11) is 3.36. The second-order valence-electron chi connectivity index (χ2n) is 8.07. The lowest BCUT2D eigenvalue weighted by Gasteiger charge is -2.30. The highest BCUT2D eigenvalue weighted by Gasteiger charge is 2.58. The molecule has 0 spiro atoms. The number of methoxy groups -OCH3 is 1. The number of aromatic nitrogens is 1. The molecule has 1 heterocycles. The van der Waals surface area contributed by atoms with Crippen molar-refractivity contribution in [3.8, 4) is 5.75 Å². The van der Waals surface area contributed by atoms with Crippen molar-refractivity contribution >= 4 is 21.8 Å². The highest BCUT2D eigenvalue weighted by atomic mass is 79.9. The van der Waals surface area contributed by atoms with E-state index in [1.165, 1.54) is 4.57 Å². The monoisotopic (exact) mass is 440 g/mol. The summed E-state index contributed by atoms with van der Waals surface area (Å²) in [6.45, 7) is 3.20. The molecule has 0 radical (unpaired) electrons. The molecule has 2 atom stereocenters. The molecule has 150 valence electrons. The fraction of sp³-hybridized carbons (Fsp3) is 0.700. The van der Waals surface area contributed by atoms with Gasteiger partial charge in [-0.2, -0.15) is 0 Å². The largest absolute Gasteiger partial charge is 0.489 e. The maximum atomic E-state index is 12.4. The van der Waals surface area contributed by atoms with Crippen LogP contribution in [0.2, 0.25) is 0 Å². The molecule has 2 fully saturated rings. The summed E-state index contributed by atoms with van der Waals surface area (Å²) >= 11 is 3.47. The SMILES string of the molecule is COCCNC(=O)C1(C)CC1[C@H]1CC[C@H](Oc2cc(=O)n(C)cc2Br)CC1. The summed E-state index contributed by atoms with van der Waals surface area (Å²) in [5, 5.41) is 2.99. The van der Waals surface area contributed by atoms with Crippen LogP contribution in [0.15, 0.2) is 21.5 Å². The second-order valence-corrected chi connectivity index (χ2v) is 8.92. The van der Waals surface area contributed by atoms with Gasteiger partial charge in [0.15, 0.2) is 0 Å². The molecule has 27 heavy (non-hydrogen) atoms. The normalized spacial score (nSPS) is 30.0. The first-order valence-electron chi connectivity index (χ1n) is 9.65. The molecule has 1 N–H and O–H groups in total. The summed E-state index contributed by atoms with van der Waals surface area (Å²) in [5.74, 6) is 1.83. The zero-order valence-corrected chi connectivity index (χ0v) is 17.9. The highest BCUT2D eigenvalue weighted by Crippen LogP contribution is 2.59.